The predicted molar refractivity (Wildman–Crippen MR) is 109 cm³/mol. The van der Waals surface area contributed by atoms with E-state index in [0.717, 1.165) is 6.42 Å². The Balaban J connectivity index is 3.25. The van der Waals surface area contributed by atoms with Crippen LogP contribution in [0.2, 0.25) is 43.3 Å². The highest BCUT2D eigenvalue weighted by Gasteiger charge is 2.44. The standard InChI is InChI=1S/C20H36OSi2/c1-10-18(21-22(5,6)7)19(23(8,9)20(2,3)4)16-17-14-12-11-13-15-17/h10-15,19H,16H2,1-9H3/b18-10-/t19-/m0/s1. The summed E-state index contributed by atoms with van der Waals surface area (Å²) in [4.78, 5) is 0. The van der Waals surface area contributed by atoms with Gasteiger partial charge in [-0.1, -0.05) is 70.3 Å². The Hall–Kier alpha value is -0.806. The predicted octanol–water partition coefficient (Wildman–Crippen LogP) is 6.86. The molecule has 0 unspecified atom stereocenters. The zero-order chi connectivity index (χ0) is 17.9. The lowest BCUT2D eigenvalue weighted by Crippen LogP contribution is -2.45. The lowest BCUT2D eigenvalue weighted by molar-refractivity contribution is 0.391. The summed E-state index contributed by atoms with van der Waals surface area (Å²) in [5, 5.41) is 0.337. The summed E-state index contributed by atoms with van der Waals surface area (Å²) >= 11 is 0. The van der Waals surface area contributed by atoms with Crippen LogP contribution < -0.4 is 0 Å². The van der Waals surface area contributed by atoms with Gasteiger partial charge in [0.2, 0.25) is 8.32 Å². The summed E-state index contributed by atoms with van der Waals surface area (Å²) in [7, 11) is -3.18. The molecule has 0 fully saturated rings. The van der Waals surface area contributed by atoms with Crippen molar-refractivity contribution in [3.8, 4) is 0 Å². The number of hydrogen-bond acceptors (Lipinski definition) is 1. The first-order valence-corrected chi connectivity index (χ1v) is 15.3. The average Bonchev–Trinajstić information content (AvgIpc) is 2.41. The van der Waals surface area contributed by atoms with Crippen LogP contribution in [0.5, 0.6) is 0 Å². The van der Waals surface area contributed by atoms with E-state index in [0.29, 0.717) is 10.6 Å². The van der Waals surface area contributed by atoms with Crippen LogP contribution >= 0.6 is 0 Å². The first-order chi connectivity index (χ1) is 10.4. The van der Waals surface area contributed by atoms with Crippen molar-refractivity contribution in [1.82, 2.24) is 0 Å². The molecule has 0 bridgehead atoms. The molecule has 130 valence electrons. The van der Waals surface area contributed by atoms with Crippen molar-refractivity contribution in [2.24, 2.45) is 0 Å². The van der Waals surface area contributed by atoms with Gasteiger partial charge in [0.1, 0.15) is 0 Å². The maximum atomic E-state index is 6.54. The van der Waals surface area contributed by atoms with E-state index in [9.17, 15) is 0 Å². The summed E-state index contributed by atoms with van der Waals surface area (Å²) in [6.45, 7) is 21.2. The summed E-state index contributed by atoms with van der Waals surface area (Å²) < 4.78 is 6.54. The van der Waals surface area contributed by atoms with Crippen LogP contribution in [0.15, 0.2) is 42.2 Å². The van der Waals surface area contributed by atoms with E-state index in [-0.39, 0.29) is 0 Å². The van der Waals surface area contributed by atoms with Gasteiger partial charge in [0.25, 0.3) is 0 Å². The summed E-state index contributed by atoms with van der Waals surface area (Å²) in [6, 6.07) is 10.9. The third-order valence-corrected chi connectivity index (χ3v) is 12.1. The molecule has 0 aromatic heterocycles. The Morgan fingerprint density at radius 3 is 1.96 bits per heavy atom. The van der Waals surface area contributed by atoms with Gasteiger partial charge in [-0.3, -0.25) is 0 Å². The number of rotatable bonds is 6. The van der Waals surface area contributed by atoms with Crippen molar-refractivity contribution in [3.05, 3.63) is 47.7 Å². The van der Waals surface area contributed by atoms with Crippen LogP contribution in [0.25, 0.3) is 0 Å². The average molecular weight is 349 g/mol. The first-order valence-electron chi connectivity index (χ1n) is 8.77. The van der Waals surface area contributed by atoms with E-state index in [4.69, 9.17) is 4.43 Å². The molecule has 1 rings (SSSR count). The summed E-state index contributed by atoms with van der Waals surface area (Å²) in [5.41, 5.74) is 1.93. The van der Waals surface area contributed by atoms with Crippen molar-refractivity contribution >= 4 is 16.4 Å². The Morgan fingerprint density at radius 1 is 1.04 bits per heavy atom. The van der Waals surface area contributed by atoms with Crippen LogP contribution in [-0.2, 0) is 10.8 Å². The smallest absolute Gasteiger partial charge is 0.241 e. The Labute approximate surface area is 146 Å². The second-order valence-electron chi connectivity index (χ2n) is 9.12. The molecule has 0 amide bonds. The van der Waals surface area contributed by atoms with Crippen molar-refractivity contribution in [1.29, 1.82) is 0 Å². The third-order valence-electron chi connectivity index (χ3n) is 5.14. The molecule has 0 aliphatic heterocycles. The molecule has 0 saturated carbocycles. The van der Waals surface area contributed by atoms with E-state index in [1.165, 1.54) is 11.3 Å². The van der Waals surface area contributed by atoms with Crippen LogP contribution in [0.1, 0.15) is 33.3 Å². The summed E-state index contributed by atoms with van der Waals surface area (Å²) in [6.07, 6.45) is 3.31. The molecule has 0 saturated heterocycles. The molecule has 1 nitrogen and oxygen atoms in total. The van der Waals surface area contributed by atoms with Gasteiger partial charge in [0.15, 0.2) is 0 Å². The van der Waals surface area contributed by atoms with Crippen LogP contribution in [0.3, 0.4) is 0 Å². The molecule has 0 spiro atoms. The molecule has 0 radical (unpaired) electrons. The molecule has 0 heterocycles. The molecular weight excluding hydrogens is 312 g/mol. The normalized spacial score (nSPS) is 15.4. The molecule has 0 aliphatic carbocycles. The lowest BCUT2D eigenvalue weighted by atomic mass is 10.1. The molecule has 23 heavy (non-hydrogen) atoms. The largest absolute Gasteiger partial charge is 0.548 e. The Bertz CT molecular complexity index is 519. The van der Waals surface area contributed by atoms with Crippen LogP contribution in [0, 0.1) is 0 Å². The lowest BCUT2D eigenvalue weighted by Gasteiger charge is -2.45. The monoisotopic (exact) mass is 348 g/mol. The minimum absolute atomic E-state index is 0.337. The van der Waals surface area contributed by atoms with Gasteiger partial charge >= 0.3 is 0 Å². The van der Waals surface area contributed by atoms with Crippen LogP contribution in [0.4, 0.5) is 0 Å². The minimum atomic E-state index is -1.61. The number of benzene rings is 1. The second-order valence-corrected chi connectivity index (χ2v) is 19.2. The van der Waals surface area contributed by atoms with E-state index in [2.05, 4.69) is 96.8 Å². The Morgan fingerprint density at radius 2 is 1.57 bits per heavy atom. The van der Waals surface area contributed by atoms with Gasteiger partial charge in [-0.15, -0.1) is 0 Å². The Kier molecular flexibility index (Phi) is 6.50. The minimum Gasteiger partial charge on any atom is -0.548 e. The highest BCUT2D eigenvalue weighted by atomic mass is 28.4. The van der Waals surface area contributed by atoms with Crippen molar-refractivity contribution in [3.63, 3.8) is 0 Å². The fraction of sp³-hybridized carbons (Fsp3) is 0.600. The van der Waals surface area contributed by atoms with Crippen LogP contribution in [-0.4, -0.2) is 16.4 Å². The van der Waals surface area contributed by atoms with Gasteiger partial charge in [0, 0.05) is 5.54 Å². The third kappa shape index (κ3) is 5.64. The van der Waals surface area contributed by atoms with Gasteiger partial charge < -0.3 is 4.43 Å². The fourth-order valence-corrected chi connectivity index (χ4v) is 6.58. The number of allylic oxidation sites excluding steroid dienone is 2. The second kappa shape index (κ2) is 7.39. The highest BCUT2D eigenvalue weighted by Crippen LogP contribution is 2.48. The maximum absolute atomic E-state index is 6.54. The molecular formula is C20H36OSi2. The van der Waals surface area contributed by atoms with Gasteiger partial charge in [0.05, 0.1) is 13.8 Å². The quantitative estimate of drug-likeness (QED) is 0.403. The number of hydrogen-bond donors (Lipinski definition) is 0. The van der Waals surface area contributed by atoms with E-state index in [1.807, 2.05) is 0 Å². The molecule has 1 atom stereocenters. The molecule has 3 heteroatoms. The van der Waals surface area contributed by atoms with Crippen molar-refractivity contribution < 1.29 is 4.43 Å². The fourth-order valence-electron chi connectivity index (χ4n) is 2.77. The van der Waals surface area contributed by atoms with Gasteiger partial charge in [-0.25, -0.2) is 0 Å². The van der Waals surface area contributed by atoms with E-state index >= 15 is 0 Å². The topological polar surface area (TPSA) is 9.23 Å². The molecule has 0 aliphatic rings. The van der Waals surface area contributed by atoms with Gasteiger partial charge in [-0.2, -0.15) is 0 Å². The van der Waals surface area contributed by atoms with E-state index < -0.39 is 16.4 Å². The maximum Gasteiger partial charge on any atom is 0.241 e. The van der Waals surface area contributed by atoms with Gasteiger partial charge in [-0.05, 0) is 43.6 Å². The molecule has 0 N–H and O–H groups in total. The zero-order valence-electron chi connectivity index (χ0n) is 16.7. The highest BCUT2D eigenvalue weighted by molar-refractivity contribution is 6.82. The molecule has 1 aromatic rings. The summed E-state index contributed by atoms with van der Waals surface area (Å²) in [5.74, 6) is 1.24. The zero-order valence-corrected chi connectivity index (χ0v) is 18.7. The molecule has 1 aromatic carbocycles. The van der Waals surface area contributed by atoms with Crippen molar-refractivity contribution in [2.45, 2.75) is 77.4 Å². The van der Waals surface area contributed by atoms with E-state index in [1.54, 1.807) is 0 Å². The SMILES string of the molecule is C/C=C(\O[Si](C)(C)C)[C@H](Cc1ccccc1)[Si](C)(C)C(C)(C)C. The first kappa shape index (κ1) is 20.2. The van der Waals surface area contributed by atoms with Crippen molar-refractivity contribution in [2.75, 3.05) is 0 Å².